The quantitative estimate of drug-likeness (QED) is 0.703. The molecule has 0 aliphatic heterocycles. The van der Waals surface area contributed by atoms with Crippen LogP contribution in [0, 0.1) is 16.6 Å². The minimum absolute atomic E-state index is 0.616. The fourth-order valence-electron chi connectivity index (χ4n) is 2.65. The average molecular weight is 210 g/mol. The molecule has 0 radical (unpaired) electrons. The third-order valence-electron chi connectivity index (χ3n) is 3.42. The van der Waals surface area contributed by atoms with Gasteiger partial charge in [-0.15, -0.1) is 0 Å². The maximum absolute atomic E-state index is 5.26. The summed E-state index contributed by atoms with van der Waals surface area (Å²) >= 11 is 5.26. The molecule has 1 fully saturated rings. The van der Waals surface area contributed by atoms with Crippen molar-refractivity contribution in [2.75, 3.05) is 0 Å². The predicted molar refractivity (Wildman–Crippen MR) is 60.8 cm³/mol. The summed E-state index contributed by atoms with van der Waals surface area (Å²) in [6, 6.07) is 0.616. The molecule has 1 saturated carbocycles. The average Bonchev–Trinajstić information content (AvgIpc) is 2.52. The maximum Gasteiger partial charge on any atom is 0.177 e. The Morgan fingerprint density at radius 2 is 2.21 bits per heavy atom. The molecule has 3 heteroatoms. The van der Waals surface area contributed by atoms with Crippen LogP contribution in [0.15, 0.2) is 12.4 Å². The van der Waals surface area contributed by atoms with Crippen molar-refractivity contribution in [3.05, 3.63) is 17.2 Å². The molecule has 1 aliphatic rings. The van der Waals surface area contributed by atoms with Gasteiger partial charge in [-0.25, -0.2) is 0 Å². The molecule has 78 valence electrons. The van der Waals surface area contributed by atoms with E-state index in [2.05, 4.69) is 29.6 Å². The maximum atomic E-state index is 5.26. The largest absolute Gasteiger partial charge is 0.337 e. The molecule has 0 aromatic carbocycles. The topological polar surface area (TPSA) is 20.7 Å². The van der Waals surface area contributed by atoms with Crippen LogP contribution >= 0.6 is 12.2 Å². The Kier molecular flexibility index (Phi) is 2.77. The molecule has 3 atom stereocenters. The molecule has 1 aromatic rings. The van der Waals surface area contributed by atoms with Crippen molar-refractivity contribution in [3.63, 3.8) is 0 Å². The van der Waals surface area contributed by atoms with Crippen LogP contribution in [0.4, 0.5) is 0 Å². The van der Waals surface area contributed by atoms with E-state index < -0.39 is 0 Å². The molecule has 0 spiro atoms. The van der Waals surface area contributed by atoms with Crippen LogP contribution < -0.4 is 0 Å². The van der Waals surface area contributed by atoms with Crippen LogP contribution in [0.5, 0.6) is 0 Å². The van der Waals surface area contributed by atoms with Gasteiger partial charge in [0, 0.05) is 18.4 Å². The van der Waals surface area contributed by atoms with Gasteiger partial charge in [0.25, 0.3) is 0 Å². The molecule has 2 rings (SSSR count). The number of imidazole rings is 1. The highest BCUT2D eigenvalue weighted by molar-refractivity contribution is 7.71. The molecule has 0 amide bonds. The van der Waals surface area contributed by atoms with Crippen LogP contribution in [-0.2, 0) is 0 Å². The Bertz CT molecular complexity index is 352. The summed E-state index contributed by atoms with van der Waals surface area (Å²) < 4.78 is 3.10. The third-order valence-corrected chi connectivity index (χ3v) is 3.75. The highest BCUT2D eigenvalue weighted by Crippen LogP contribution is 2.36. The Hall–Kier alpha value is -0.570. The van der Waals surface area contributed by atoms with E-state index in [9.17, 15) is 0 Å². The van der Waals surface area contributed by atoms with E-state index in [-0.39, 0.29) is 0 Å². The summed E-state index contributed by atoms with van der Waals surface area (Å²) in [6.07, 6.45) is 7.96. The van der Waals surface area contributed by atoms with E-state index in [0.717, 1.165) is 16.6 Å². The van der Waals surface area contributed by atoms with E-state index in [1.807, 2.05) is 6.20 Å². The lowest BCUT2D eigenvalue weighted by molar-refractivity contribution is 0.206. The summed E-state index contributed by atoms with van der Waals surface area (Å²) in [5.41, 5.74) is 0. The van der Waals surface area contributed by atoms with Crippen molar-refractivity contribution < 1.29 is 0 Å². The van der Waals surface area contributed by atoms with Gasteiger partial charge in [-0.05, 0) is 43.3 Å². The zero-order valence-corrected chi connectivity index (χ0v) is 9.68. The number of rotatable bonds is 1. The fraction of sp³-hybridized carbons (Fsp3) is 0.727. The van der Waals surface area contributed by atoms with Crippen molar-refractivity contribution in [1.29, 1.82) is 0 Å². The van der Waals surface area contributed by atoms with Crippen molar-refractivity contribution in [1.82, 2.24) is 9.55 Å². The molecule has 14 heavy (non-hydrogen) atoms. The second kappa shape index (κ2) is 3.89. The summed E-state index contributed by atoms with van der Waals surface area (Å²) in [4.78, 5) is 3.08. The summed E-state index contributed by atoms with van der Waals surface area (Å²) in [5.74, 6) is 1.63. The lowest BCUT2D eigenvalue weighted by Crippen LogP contribution is -2.24. The lowest BCUT2D eigenvalue weighted by Gasteiger charge is -2.33. The van der Waals surface area contributed by atoms with E-state index >= 15 is 0 Å². The molecule has 1 aliphatic carbocycles. The molecular formula is C11H18N2S. The summed E-state index contributed by atoms with van der Waals surface area (Å²) in [6.45, 7) is 4.69. The van der Waals surface area contributed by atoms with Gasteiger partial charge >= 0.3 is 0 Å². The van der Waals surface area contributed by atoms with Crippen molar-refractivity contribution in [2.24, 2.45) is 11.8 Å². The number of aromatic nitrogens is 2. The Morgan fingerprint density at radius 1 is 1.43 bits per heavy atom. The third kappa shape index (κ3) is 1.78. The highest BCUT2D eigenvalue weighted by Gasteiger charge is 2.26. The SMILES string of the molecule is CC1CCC(n2cc[nH]c2=S)C(C)C1. The number of H-pyrrole nitrogens is 1. The van der Waals surface area contributed by atoms with Gasteiger partial charge in [0.2, 0.25) is 0 Å². The Labute approximate surface area is 90.3 Å². The van der Waals surface area contributed by atoms with Gasteiger partial charge in [0.15, 0.2) is 4.77 Å². The minimum atomic E-state index is 0.616. The first-order valence-electron chi connectivity index (χ1n) is 5.44. The molecular weight excluding hydrogens is 192 g/mol. The Balaban J connectivity index is 2.20. The standard InChI is InChI=1S/C11H18N2S/c1-8-3-4-10(9(2)7-8)13-6-5-12-11(13)14/h5-6,8-10H,3-4,7H2,1-2H3,(H,12,14). The number of nitrogens with one attached hydrogen (secondary N) is 1. The smallest absolute Gasteiger partial charge is 0.177 e. The van der Waals surface area contributed by atoms with Crippen LogP contribution in [0.25, 0.3) is 0 Å². The van der Waals surface area contributed by atoms with Crippen LogP contribution in [0.1, 0.15) is 39.2 Å². The number of hydrogen-bond donors (Lipinski definition) is 1. The van der Waals surface area contributed by atoms with Gasteiger partial charge < -0.3 is 9.55 Å². The Morgan fingerprint density at radius 3 is 2.79 bits per heavy atom. The van der Waals surface area contributed by atoms with Crippen LogP contribution in [-0.4, -0.2) is 9.55 Å². The molecule has 2 nitrogen and oxygen atoms in total. The van der Waals surface area contributed by atoms with E-state index in [1.165, 1.54) is 19.3 Å². The summed E-state index contributed by atoms with van der Waals surface area (Å²) in [7, 11) is 0. The molecule has 0 saturated heterocycles. The van der Waals surface area contributed by atoms with Gasteiger partial charge in [-0.2, -0.15) is 0 Å². The highest BCUT2D eigenvalue weighted by atomic mass is 32.1. The zero-order chi connectivity index (χ0) is 10.1. The first-order valence-corrected chi connectivity index (χ1v) is 5.85. The molecule has 0 bridgehead atoms. The molecule has 3 unspecified atom stereocenters. The lowest BCUT2D eigenvalue weighted by atomic mass is 9.80. The monoisotopic (exact) mass is 210 g/mol. The second-order valence-electron chi connectivity index (χ2n) is 4.64. The second-order valence-corrected chi connectivity index (χ2v) is 5.02. The first-order chi connectivity index (χ1) is 6.68. The van der Waals surface area contributed by atoms with E-state index in [0.29, 0.717) is 6.04 Å². The molecule has 1 heterocycles. The van der Waals surface area contributed by atoms with Gasteiger partial charge in [-0.1, -0.05) is 13.8 Å². The predicted octanol–water partition coefficient (Wildman–Crippen LogP) is 3.54. The molecule has 1 N–H and O–H groups in total. The van der Waals surface area contributed by atoms with Gasteiger partial charge in [0.1, 0.15) is 0 Å². The van der Waals surface area contributed by atoms with E-state index in [1.54, 1.807) is 0 Å². The van der Waals surface area contributed by atoms with Crippen molar-refractivity contribution in [3.8, 4) is 0 Å². The van der Waals surface area contributed by atoms with Crippen LogP contribution in [0.2, 0.25) is 0 Å². The first kappa shape index (κ1) is 9.97. The van der Waals surface area contributed by atoms with E-state index in [4.69, 9.17) is 12.2 Å². The van der Waals surface area contributed by atoms with Crippen molar-refractivity contribution in [2.45, 2.75) is 39.2 Å². The number of aromatic amines is 1. The number of hydrogen-bond acceptors (Lipinski definition) is 1. The number of nitrogens with zero attached hydrogens (tertiary/aromatic N) is 1. The van der Waals surface area contributed by atoms with Gasteiger partial charge in [-0.3, -0.25) is 0 Å². The van der Waals surface area contributed by atoms with Crippen LogP contribution in [0.3, 0.4) is 0 Å². The van der Waals surface area contributed by atoms with Gasteiger partial charge in [0.05, 0.1) is 0 Å². The fourth-order valence-corrected chi connectivity index (χ4v) is 2.92. The van der Waals surface area contributed by atoms with Crippen molar-refractivity contribution >= 4 is 12.2 Å². The minimum Gasteiger partial charge on any atom is -0.337 e. The zero-order valence-electron chi connectivity index (χ0n) is 8.86. The molecule has 1 aromatic heterocycles. The normalized spacial score (nSPS) is 33.1. The summed E-state index contributed by atoms with van der Waals surface area (Å²) in [5, 5.41) is 0.